The van der Waals surface area contributed by atoms with Crippen molar-refractivity contribution in [2.45, 2.75) is 85.9 Å². The number of hydrogen-bond donors (Lipinski definition) is 2. The standard InChI is InChI=1S/C27H44N4O3/c1-19(2)28-26(34)31-14-13-30(18-21(31)4)25(33)23(16-22-11-9-8-10-12-22)29-24(32)15-20(3)17-27(5,6)7/h8-12,19-21,23H,13-18H2,1-7H3,(H,28,34)(H,29,32). The summed E-state index contributed by atoms with van der Waals surface area (Å²) in [5, 5.41) is 5.96. The Hall–Kier alpha value is -2.57. The van der Waals surface area contributed by atoms with Gasteiger partial charge in [0, 0.05) is 44.6 Å². The molecule has 7 nitrogen and oxygen atoms in total. The largest absolute Gasteiger partial charge is 0.344 e. The van der Waals surface area contributed by atoms with Gasteiger partial charge in [-0.2, -0.15) is 0 Å². The lowest BCUT2D eigenvalue weighted by Gasteiger charge is -2.41. The van der Waals surface area contributed by atoms with E-state index in [1.807, 2.05) is 51.1 Å². The van der Waals surface area contributed by atoms with Gasteiger partial charge in [-0.25, -0.2) is 4.79 Å². The Balaban J connectivity index is 2.07. The smallest absolute Gasteiger partial charge is 0.317 e. The fourth-order valence-electron chi connectivity index (χ4n) is 4.75. The van der Waals surface area contributed by atoms with Crippen LogP contribution >= 0.6 is 0 Å². The average molecular weight is 473 g/mol. The summed E-state index contributed by atoms with van der Waals surface area (Å²) in [6.07, 6.45) is 1.78. The van der Waals surface area contributed by atoms with Gasteiger partial charge in [0.15, 0.2) is 0 Å². The summed E-state index contributed by atoms with van der Waals surface area (Å²) in [6.45, 7) is 15.8. The summed E-state index contributed by atoms with van der Waals surface area (Å²) >= 11 is 0. The predicted octanol–water partition coefficient (Wildman–Crippen LogP) is 3.83. The van der Waals surface area contributed by atoms with E-state index in [9.17, 15) is 14.4 Å². The molecule has 1 aromatic rings. The van der Waals surface area contributed by atoms with Crippen LogP contribution in [0.2, 0.25) is 0 Å². The topological polar surface area (TPSA) is 81.8 Å². The Morgan fingerprint density at radius 1 is 1.03 bits per heavy atom. The molecule has 1 aliphatic heterocycles. The van der Waals surface area contributed by atoms with Crippen LogP contribution in [0.3, 0.4) is 0 Å². The SMILES string of the molecule is CC(CC(=O)NC(Cc1ccccc1)C(=O)N1CCN(C(=O)NC(C)C)C(C)C1)CC(C)(C)C. The van der Waals surface area contributed by atoms with Crippen molar-refractivity contribution in [3.8, 4) is 0 Å². The van der Waals surface area contributed by atoms with Crippen molar-refractivity contribution in [2.24, 2.45) is 11.3 Å². The van der Waals surface area contributed by atoms with Crippen molar-refractivity contribution in [1.29, 1.82) is 0 Å². The minimum absolute atomic E-state index is 0.0606. The van der Waals surface area contributed by atoms with Gasteiger partial charge in [0.05, 0.1) is 0 Å². The van der Waals surface area contributed by atoms with E-state index in [4.69, 9.17) is 0 Å². The number of hydrogen-bond acceptors (Lipinski definition) is 3. The van der Waals surface area contributed by atoms with Crippen molar-refractivity contribution in [2.75, 3.05) is 19.6 Å². The number of urea groups is 1. The molecular weight excluding hydrogens is 428 g/mol. The van der Waals surface area contributed by atoms with E-state index in [-0.39, 0.29) is 41.3 Å². The number of benzene rings is 1. The maximum atomic E-state index is 13.5. The highest BCUT2D eigenvalue weighted by atomic mass is 16.2. The second kappa shape index (κ2) is 12.2. The monoisotopic (exact) mass is 472 g/mol. The molecule has 2 rings (SSSR count). The van der Waals surface area contributed by atoms with Gasteiger partial charge in [-0.1, -0.05) is 58.0 Å². The fourth-order valence-corrected chi connectivity index (χ4v) is 4.75. The Kier molecular flexibility index (Phi) is 9.95. The molecule has 190 valence electrons. The quantitative estimate of drug-likeness (QED) is 0.603. The van der Waals surface area contributed by atoms with E-state index in [2.05, 4.69) is 38.3 Å². The van der Waals surface area contributed by atoms with Crippen LogP contribution in [-0.4, -0.2) is 65.4 Å². The molecule has 3 unspecified atom stereocenters. The zero-order chi connectivity index (χ0) is 25.5. The Bertz CT molecular complexity index is 819. The molecule has 0 spiro atoms. The van der Waals surface area contributed by atoms with Crippen LogP contribution in [0, 0.1) is 11.3 Å². The summed E-state index contributed by atoms with van der Waals surface area (Å²) in [4.78, 5) is 42.5. The third-order valence-electron chi connectivity index (χ3n) is 6.02. The van der Waals surface area contributed by atoms with Crippen LogP contribution in [0.1, 0.15) is 66.9 Å². The van der Waals surface area contributed by atoms with Crippen LogP contribution < -0.4 is 10.6 Å². The van der Waals surface area contributed by atoms with Crippen LogP contribution in [0.5, 0.6) is 0 Å². The van der Waals surface area contributed by atoms with Gasteiger partial charge in [-0.05, 0) is 44.1 Å². The number of nitrogens with zero attached hydrogens (tertiary/aromatic N) is 2. The van der Waals surface area contributed by atoms with Crippen LogP contribution in [0.4, 0.5) is 4.79 Å². The summed E-state index contributed by atoms with van der Waals surface area (Å²) in [7, 11) is 0. The molecule has 1 saturated heterocycles. The highest BCUT2D eigenvalue weighted by Gasteiger charge is 2.34. The molecule has 3 atom stereocenters. The zero-order valence-corrected chi connectivity index (χ0v) is 22.1. The van der Waals surface area contributed by atoms with Crippen LogP contribution in [0.25, 0.3) is 0 Å². The molecular formula is C27H44N4O3. The Morgan fingerprint density at radius 2 is 1.68 bits per heavy atom. The highest BCUT2D eigenvalue weighted by Crippen LogP contribution is 2.26. The van der Waals surface area contributed by atoms with E-state index in [0.717, 1.165) is 12.0 Å². The molecule has 0 radical (unpaired) electrons. The molecule has 1 heterocycles. The second-order valence-corrected chi connectivity index (χ2v) is 11.3. The average Bonchev–Trinajstić information content (AvgIpc) is 2.71. The first kappa shape index (κ1) is 27.7. The maximum Gasteiger partial charge on any atom is 0.317 e. The molecule has 2 N–H and O–H groups in total. The zero-order valence-electron chi connectivity index (χ0n) is 22.1. The van der Waals surface area contributed by atoms with Gasteiger partial charge in [0.1, 0.15) is 6.04 Å². The van der Waals surface area contributed by atoms with E-state index < -0.39 is 6.04 Å². The maximum absolute atomic E-state index is 13.5. The van der Waals surface area contributed by atoms with Crippen LogP contribution in [-0.2, 0) is 16.0 Å². The molecule has 0 aromatic heterocycles. The van der Waals surface area contributed by atoms with Crippen LogP contribution in [0.15, 0.2) is 30.3 Å². The van der Waals surface area contributed by atoms with E-state index in [1.54, 1.807) is 9.80 Å². The third-order valence-corrected chi connectivity index (χ3v) is 6.02. The lowest BCUT2D eigenvalue weighted by Crippen LogP contribution is -2.61. The second-order valence-electron chi connectivity index (χ2n) is 11.3. The lowest BCUT2D eigenvalue weighted by molar-refractivity contribution is -0.138. The van der Waals surface area contributed by atoms with Crippen molar-refractivity contribution in [3.63, 3.8) is 0 Å². The first-order valence-corrected chi connectivity index (χ1v) is 12.5. The predicted molar refractivity (Wildman–Crippen MR) is 136 cm³/mol. The van der Waals surface area contributed by atoms with Gasteiger partial charge < -0.3 is 20.4 Å². The van der Waals surface area contributed by atoms with Gasteiger partial charge in [0.25, 0.3) is 0 Å². The highest BCUT2D eigenvalue weighted by molar-refractivity contribution is 5.88. The van der Waals surface area contributed by atoms with Gasteiger partial charge in [-0.3, -0.25) is 9.59 Å². The fraction of sp³-hybridized carbons (Fsp3) is 0.667. The molecule has 1 aromatic carbocycles. The number of amides is 4. The van der Waals surface area contributed by atoms with Crippen molar-refractivity contribution in [1.82, 2.24) is 20.4 Å². The number of carbonyl (C=O) groups is 3. The first-order valence-electron chi connectivity index (χ1n) is 12.5. The summed E-state index contributed by atoms with van der Waals surface area (Å²) in [6, 6.07) is 9.02. The van der Waals surface area contributed by atoms with E-state index in [0.29, 0.717) is 32.5 Å². The minimum Gasteiger partial charge on any atom is -0.344 e. The summed E-state index contributed by atoms with van der Waals surface area (Å²) in [5.74, 6) is 0.0565. The van der Waals surface area contributed by atoms with Gasteiger partial charge in [-0.15, -0.1) is 0 Å². The molecule has 34 heavy (non-hydrogen) atoms. The summed E-state index contributed by atoms with van der Waals surface area (Å²) < 4.78 is 0. The summed E-state index contributed by atoms with van der Waals surface area (Å²) in [5.41, 5.74) is 1.16. The number of piperazine rings is 1. The molecule has 0 saturated carbocycles. The van der Waals surface area contributed by atoms with E-state index in [1.165, 1.54) is 0 Å². The molecule has 0 aliphatic carbocycles. The number of nitrogens with one attached hydrogen (secondary N) is 2. The molecule has 1 fully saturated rings. The van der Waals surface area contributed by atoms with Gasteiger partial charge in [0.2, 0.25) is 11.8 Å². The number of rotatable bonds is 8. The molecule has 0 bridgehead atoms. The first-order chi connectivity index (χ1) is 15.9. The van der Waals surface area contributed by atoms with Crippen molar-refractivity contribution in [3.05, 3.63) is 35.9 Å². The molecule has 7 heteroatoms. The minimum atomic E-state index is -0.625. The van der Waals surface area contributed by atoms with Crippen molar-refractivity contribution < 1.29 is 14.4 Å². The van der Waals surface area contributed by atoms with E-state index >= 15 is 0 Å². The normalized spacial score (nSPS) is 18.4. The Labute approximate surface area is 205 Å². The third kappa shape index (κ3) is 8.99. The Morgan fingerprint density at radius 3 is 2.24 bits per heavy atom. The lowest BCUT2D eigenvalue weighted by atomic mass is 9.84. The van der Waals surface area contributed by atoms with Gasteiger partial charge >= 0.3 is 6.03 Å². The molecule has 1 aliphatic rings. The number of carbonyl (C=O) groups excluding carboxylic acids is 3. The van der Waals surface area contributed by atoms with Crippen molar-refractivity contribution >= 4 is 17.8 Å². The molecule has 4 amide bonds.